The number of pyridine rings is 1. The largest absolute Gasteiger partial charge is 0.389 e. The lowest BCUT2D eigenvalue weighted by molar-refractivity contribution is 0.0689. The van der Waals surface area contributed by atoms with Crippen LogP contribution >= 0.6 is 0 Å². The molecule has 1 saturated heterocycles. The average Bonchev–Trinajstić information content (AvgIpc) is 3.31. The van der Waals surface area contributed by atoms with Gasteiger partial charge in [0, 0.05) is 25.0 Å². The van der Waals surface area contributed by atoms with Gasteiger partial charge in [0.2, 0.25) is 5.82 Å². The minimum atomic E-state index is -1.01. The lowest BCUT2D eigenvalue weighted by Gasteiger charge is -2.26. The van der Waals surface area contributed by atoms with Gasteiger partial charge in [0.1, 0.15) is 5.82 Å². The van der Waals surface area contributed by atoms with E-state index in [9.17, 15) is 14.3 Å². The Hall–Kier alpha value is -3.00. The molecule has 0 spiro atoms. The quantitative estimate of drug-likeness (QED) is 0.657. The van der Waals surface area contributed by atoms with Crippen LogP contribution in [0.5, 0.6) is 0 Å². The molecular formula is C23H28FN5O2. The number of rotatable bonds is 5. The molecule has 0 unspecified atom stereocenters. The molecule has 8 heteroatoms. The monoisotopic (exact) mass is 425 g/mol. The number of hydrogen-bond acceptors (Lipinski definition) is 5. The minimum absolute atomic E-state index is 0.0653. The first-order valence-corrected chi connectivity index (χ1v) is 10.4. The molecule has 3 heterocycles. The third-order valence-electron chi connectivity index (χ3n) is 5.85. The van der Waals surface area contributed by atoms with Crippen molar-refractivity contribution in [3.63, 3.8) is 0 Å². The van der Waals surface area contributed by atoms with E-state index < -0.39 is 11.5 Å². The van der Waals surface area contributed by atoms with E-state index >= 15 is 0 Å². The molecule has 1 amide bonds. The van der Waals surface area contributed by atoms with Crippen LogP contribution in [0.1, 0.15) is 48.9 Å². The van der Waals surface area contributed by atoms with Crippen LogP contribution < -0.4 is 10.2 Å². The Morgan fingerprint density at radius 3 is 2.84 bits per heavy atom. The van der Waals surface area contributed by atoms with Crippen molar-refractivity contribution >= 4 is 17.2 Å². The molecule has 1 aromatic carbocycles. The summed E-state index contributed by atoms with van der Waals surface area (Å²) >= 11 is 0. The zero-order chi connectivity index (χ0) is 22.4. The van der Waals surface area contributed by atoms with Gasteiger partial charge >= 0.3 is 0 Å². The molecule has 0 saturated carbocycles. The highest BCUT2D eigenvalue weighted by Gasteiger charge is 2.36. The van der Waals surface area contributed by atoms with Gasteiger partial charge in [-0.3, -0.25) is 4.79 Å². The van der Waals surface area contributed by atoms with Crippen LogP contribution in [0.2, 0.25) is 0 Å². The predicted octanol–water partition coefficient (Wildman–Crippen LogP) is 2.85. The predicted molar refractivity (Wildman–Crippen MR) is 117 cm³/mol. The highest BCUT2D eigenvalue weighted by Crippen LogP contribution is 2.37. The molecule has 1 fully saturated rings. The van der Waals surface area contributed by atoms with Crippen LogP contribution in [0.15, 0.2) is 36.5 Å². The molecule has 0 radical (unpaired) electrons. The molecule has 4 rings (SSSR count). The fourth-order valence-electron chi connectivity index (χ4n) is 4.06. The first-order valence-electron chi connectivity index (χ1n) is 10.4. The number of nitrogens with one attached hydrogen (secondary N) is 1. The summed E-state index contributed by atoms with van der Waals surface area (Å²) in [7, 11) is 0. The van der Waals surface area contributed by atoms with E-state index in [2.05, 4.69) is 27.2 Å². The summed E-state index contributed by atoms with van der Waals surface area (Å²) in [6, 6.07) is 8.87. The van der Waals surface area contributed by atoms with E-state index in [1.54, 1.807) is 30.5 Å². The topological polar surface area (TPSA) is 82.8 Å². The lowest BCUT2D eigenvalue weighted by atomic mass is 9.82. The van der Waals surface area contributed by atoms with Gasteiger partial charge < -0.3 is 15.3 Å². The second-order valence-electron chi connectivity index (χ2n) is 9.32. The number of aryl methyl sites for hydroxylation is 1. The van der Waals surface area contributed by atoms with E-state index in [0.717, 1.165) is 36.3 Å². The zero-order valence-electron chi connectivity index (χ0n) is 18.3. The number of nitrogens with zero attached hydrogens (tertiary/aromatic N) is 4. The second-order valence-corrected chi connectivity index (χ2v) is 9.32. The van der Waals surface area contributed by atoms with Gasteiger partial charge in [-0.25, -0.2) is 13.9 Å². The lowest BCUT2D eigenvalue weighted by Crippen LogP contribution is -2.38. The van der Waals surface area contributed by atoms with E-state index in [1.165, 1.54) is 6.07 Å². The molecular weight excluding hydrogens is 397 g/mol. The molecule has 1 atom stereocenters. The highest BCUT2D eigenvalue weighted by atomic mass is 19.1. The van der Waals surface area contributed by atoms with Crippen molar-refractivity contribution in [3.05, 3.63) is 59.3 Å². The van der Waals surface area contributed by atoms with Gasteiger partial charge in [0.05, 0.1) is 17.5 Å². The second kappa shape index (κ2) is 7.60. The van der Waals surface area contributed by atoms with Crippen LogP contribution in [-0.2, 0) is 5.41 Å². The van der Waals surface area contributed by atoms with Crippen LogP contribution in [-0.4, -0.2) is 50.8 Å². The summed E-state index contributed by atoms with van der Waals surface area (Å²) in [5.41, 5.74) is 2.35. The summed E-state index contributed by atoms with van der Waals surface area (Å²) in [5, 5.41) is 16.8. The number of halogens is 1. The Kier molecular flexibility index (Phi) is 5.21. The fraction of sp³-hybridized carbons (Fsp3) is 0.435. The summed E-state index contributed by atoms with van der Waals surface area (Å²) in [6.07, 6.45) is 2.79. The maximum Gasteiger partial charge on any atom is 0.291 e. The van der Waals surface area contributed by atoms with Crippen LogP contribution in [0.3, 0.4) is 0 Å². The molecule has 0 bridgehead atoms. The summed E-state index contributed by atoms with van der Waals surface area (Å²) in [6.45, 7) is 9.04. The Labute approximate surface area is 180 Å². The Morgan fingerprint density at radius 1 is 1.35 bits per heavy atom. The molecule has 0 aliphatic carbocycles. The maximum atomic E-state index is 13.7. The van der Waals surface area contributed by atoms with E-state index in [-0.39, 0.29) is 23.6 Å². The number of hydrogen-bond donors (Lipinski definition) is 2. The van der Waals surface area contributed by atoms with Gasteiger partial charge in [0.15, 0.2) is 5.65 Å². The molecule has 1 aliphatic rings. The van der Waals surface area contributed by atoms with Crippen LogP contribution in [0.4, 0.5) is 10.1 Å². The number of anilines is 1. The van der Waals surface area contributed by atoms with Gasteiger partial charge in [-0.05, 0) is 56.5 Å². The van der Waals surface area contributed by atoms with Gasteiger partial charge in [0.25, 0.3) is 5.91 Å². The Bertz CT molecular complexity index is 1140. The van der Waals surface area contributed by atoms with Crippen molar-refractivity contribution in [2.45, 2.75) is 45.1 Å². The SMILES string of the molecule is Cc1cc(N2CC[C@@](C)(c3cccc(F)c3)C2)cn2nc(C(=O)NCC(C)(C)O)nc12. The fourth-order valence-corrected chi connectivity index (χ4v) is 4.06. The van der Waals surface area contributed by atoms with Gasteiger partial charge in [-0.2, -0.15) is 0 Å². The van der Waals surface area contributed by atoms with Crippen molar-refractivity contribution in [1.29, 1.82) is 0 Å². The average molecular weight is 426 g/mol. The zero-order valence-corrected chi connectivity index (χ0v) is 18.3. The van der Waals surface area contributed by atoms with Gasteiger partial charge in [-0.15, -0.1) is 5.10 Å². The van der Waals surface area contributed by atoms with Crippen LogP contribution in [0.25, 0.3) is 5.65 Å². The normalized spacial score (nSPS) is 19.2. The number of aliphatic hydroxyl groups is 1. The molecule has 7 nitrogen and oxygen atoms in total. The smallest absolute Gasteiger partial charge is 0.291 e. The first-order chi connectivity index (χ1) is 14.5. The Balaban J connectivity index is 1.57. The number of benzene rings is 1. The first kappa shape index (κ1) is 21.2. The minimum Gasteiger partial charge on any atom is -0.389 e. The van der Waals surface area contributed by atoms with Crippen molar-refractivity contribution in [2.24, 2.45) is 0 Å². The summed E-state index contributed by atoms with van der Waals surface area (Å²) in [5.74, 6) is -0.574. The number of fused-ring (bicyclic) bond motifs is 1. The van der Waals surface area contributed by atoms with Gasteiger partial charge in [-0.1, -0.05) is 19.1 Å². The van der Waals surface area contributed by atoms with Crippen molar-refractivity contribution in [3.8, 4) is 0 Å². The number of carbonyl (C=O) groups excluding carboxylic acids is 1. The molecule has 2 N–H and O–H groups in total. The molecule has 164 valence electrons. The van der Waals surface area contributed by atoms with E-state index in [4.69, 9.17) is 0 Å². The third-order valence-corrected chi connectivity index (χ3v) is 5.85. The van der Waals surface area contributed by atoms with Crippen LogP contribution in [0, 0.1) is 12.7 Å². The highest BCUT2D eigenvalue weighted by molar-refractivity contribution is 5.91. The summed E-state index contributed by atoms with van der Waals surface area (Å²) < 4.78 is 15.4. The van der Waals surface area contributed by atoms with E-state index in [0.29, 0.717) is 5.65 Å². The standard InChI is InChI=1S/C23H28FN5O2/c1-15-10-18(28-9-8-23(4,14-28)16-6-5-7-17(24)11-16)12-29-20(15)26-19(27-29)21(30)25-13-22(2,3)31/h5-7,10-12,31H,8-9,13-14H2,1-4H3,(H,25,30)/t23-/m1/s1. The van der Waals surface area contributed by atoms with Crippen molar-refractivity contribution < 1.29 is 14.3 Å². The molecule has 1 aliphatic heterocycles. The Morgan fingerprint density at radius 2 is 2.13 bits per heavy atom. The molecule has 2 aromatic heterocycles. The van der Waals surface area contributed by atoms with Crippen molar-refractivity contribution in [1.82, 2.24) is 19.9 Å². The number of aromatic nitrogens is 3. The molecule has 3 aromatic rings. The third kappa shape index (κ3) is 4.39. The number of carbonyl (C=O) groups is 1. The maximum absolute atomic E-state index is 13.7. The van der Waals surface area contributed by atoms with Crippen molar-refractivity contribution in [2.75, 3.05) is 24.5 Å². The number of amides is 1. The summed E-state index contributed by atoms with van der Waals surface area (Å²) in [4.78, 5) is 19.0. The van der Waals surface area contributed by atoms with E-state index in [1.807, 2.05) is 25.3 Å². The molecule has 31 heavy (non-hydrogen) atoms.